The third-order valence-electron chi connectivity index (χ3n) is 4.39. The quantitative estimate of drug-likeness (QED) is 0.863. The number of carbonyl (C=O) groups is 1. The van der Waals surface area contributed by atoms with Crippen molar-refractivity contribution in [1.29, 1.82) is 0 Å². The third kappa shape index (κ3) is 3.55. The summed E-state index contributed by atoms with van der Waals surface area (Å²) in [5.74, 6) is 0.727. The first-order valence-corrected chi connectivity index (χ1v) is 8.25. The molecular formula is C17H21ClN4O2. The van der Waals surface area contributed by atoms with Gasteiger partial charge < -0.3 is 15.4 Å². The van der Waals surface area contributed by atoms with Crippen LogP contribution in [0.3, 0.4) is 0 Å². The number of hydrogen-bond donors (Lipinski definition) is 2. The molecule has 1 aromatic heterocycles. The molecule has 24 heavy (non-hydrogen) atoms. The molecule has 0 spiro atoms. The van der Waals surface area contributed by atoms with E-state index in [0.717, 1.165) is 17.7 Å². The van der Waals surface area contributed by atoms with E-state index in [9.17, 15) is 4.79 Å². The lowest BCUT2D eigenvalue weighted by Crippen LogP contribution is -2.33. The van der Waals surface area contributed by atoms with Gasteiger partial charge in [-0.3, -0.25) is 9.48 Å². The second-order valence-electron chi connectivity index (χ2n) is 6.01. The second-order valence-corrected chi connectivity index (χ2v) is 6.41. The van der Waals surface area contributed by atoms with Crippen molar-refractivity contribution in [2.75, 3.05) is 20.2 Å². The van der Waals surface area contributed by atoms with E-state index in [2.05, 4.69) is 15.7 Å². The van der Waals surface area contributed by atoms with Crippen molar-refractivity contribution in [3.63, 3.8) is 0 Å². The molecule has 1 aliphatic rings. The Balaban J connectivity index is 1.63. The molecule has 1 aromatic carbocycles. The van der Waals surface area contributed by atoms with Crippen LogP contribution in [-0.4, -0.2) is 35.9 Å². The molecule has 2 atom stereocenters. The van der Waals surface area contributed by atoms with Gasteiger partial charge in [-0.1, -0.05) is 17.7 Å². The molecule has 1 aliphatic heterocycles. The van der Waals surface area contributed by atoms with Gasteiger partial charge in [0.25, 0.3) is 0 Å². The van der Waals surface area contributed by atoms with Crippen LogP contribution in [0, 0.1) is 5.92 Å². The minimum absolute atomic E-state index is 0.0424. The van der Waals surface area contributed by atoms with Gasteiger partial charge in [0.05, 0.1) is 24.2 Å². The maximum atomic E-state index is 12.6. The molecule has 0 unspecified atom stereocenters. The Labute approximate surface area is 146 Å². The van der Waals surface area contributed by atoms with E-state index in [1.807, 2.05) is 31.6 Å². The summed E-state index contributed by atoms with van der Waals surface area (Å²) in [5.41, 5.74) is 2.04. The topological polar surface area (TPSA) is 68.2 Å². The Kier molecular flexibility index (Phi) is 5.06. The van der Waals surface area contributed by atoms with Crippen LogP contribution < -0.4 is 15.4 Å². The molecule has 1 fully saturated rings. The summed E-state index contributed by atoms with van der Waals surface area (Å²) in [7, 11) is 3.46. The smallest absolute Gasteiger partial charge is 0.225 e. The summed E-state index contributed by atoms with van der Waals surface area (Å²) in [6.07, 6.45) is 3.81. The summed E-state index contributed by atoms with van der Waals surface area (Å²) in [6.45, 7) is 1.91. The second kappa shape index (κ2) is 7.23. The Morgan fingerprint density at radius 1 is 1.50 bits per heavy atom. The number of benzene rings is 1. The van der Waals surface area contributed by atoms with Crippen molar-refractivity contribution in [2.45, 2.75) is 12.5 Å². The number of ether oxygens (including phenoxy) is 1. The largest absolute Gasteiger partial charge is 0.495 e. The van der Waals surface area contributed by atoms with E-state index in [1.165, 1.54) is 0 Å². The minimum Gasteiger partial charge on any atom is -0.495 e. The van der Waals surface area contributed by atoms with Crippen LogP contribution in [0.5, 0.6) is 5.75 Å². The van der Waals surface area contributed by atoms with E-state index in [4.69, 9.17) is 16.3 Å². The summed E-state index contributed by atoms with van der Waals surface area (Å²) in [4.78, 5) is 12.6. The SMILES string of the molecule is COc1ccc(CNC(=O)[C@H]2CNC[C@@H]2c2cnn(C)c2)cc1Cl. The van der Waals surface area contributed by atoms with Crippen LogP contribution in [-0.2, 0) is 18.4 Å². The van der Waals surface area contributed by atoms with Crippen LogP contribution in [0.15, 0.2) is 30.6 Å². The van der Waals surface area contributed by atoms with Gasteiger partial charge in [-0.15, -0.1) is 0 Å². The first kappa shape index (κ1) is 16.8. The molecule has 0 bridgehead atoms. The zero-order chi connectivity index (χ0) is 17.1. The predicted molar refractivity (Wildman–Crippen MR) is 92.2 cm³/mol. The molecule has 0 aliphatic carbocycles. The fourth-order valence-corrected chi connectivity index (χ4v) is 3.36. The fraction of sp³-hybridized carbons (Fsp3) is 0.412. The molecular weight excluding hydrogens is 328 g/mol. The maximum Gasteiger partial charge on any atom is 0.225 e. The average molecular weight is 349 g/mol. The molecule has 128 valence electrons. The van der Waals surface area contributed by atoms with Gasteiger partial charge in [0, 0.05) is 38.8 Å². The van der Waals surface area contributed by atoms with E-state index in [-0.39, 0.29) is 17.7 Å². The Bertz CT molecular complexity index is 731. The van der Waals surface area contributed by atoms with E-state index >= 15 is 0 Å². The molecule has 2 aromatic rings. The van der Waals surface area contributed by atoms with Gasteiger partial charge >= 0.3 is 0 Å². The molecule has 1 amide bonds. The maximum absolute atomic E-state index is 12.6. The highest BCUT2D eigenvalue weighted by Gasteiger charge is 2.34. The molecule has 2 N–H and O–H groups in total. The van der Waals surface area contributed by atoms with Gasteiger partial charge in [0.1, 0.15) is 5.75 Å². The highest BCUT2D eigenvalue weighted by molar-refractivity contribution is 6.32. The summed E-state index contributed by atoms with van der Waals surface area (Å²) < 4.78 is 6.90. The van der Waals surface area contributed by atoms with Gasteiger partial charge in [-0.25, -0.2) is 0 Å². The lowest BCUT2D eigenvalue weighted by Gasteiger charge is -2.17. The zero-order valence-corrected chi connectivity index (χ0v) is 14.5. The number of halogens is 1. The van der Waals surface area contributed by atoms with E-state index in [0.29, 0.717) is 23.9 Å². The Morgan fingerprint density at radius 3 is 3.00 bits per heavy atom. The average Bonchev–Trinajstić information content (AvgIpc) is 3.21. The number of aryl methyl sites for hydroxylation is 1. The highest BCUT2D eigenvalue weighted by atomic mass is 35.5. The van der Waals surface area contributed by atoms with Crippen molar-refractivity contribution in [3.05, 3.63) is 46.7 Å². The molecule has 6 nitrogen and oxygen atoms in total. The lowest BCUT2D eigenvalue weighted by atomic mass is 9.90. The molecule has 0 radical (unpaired) electrons. The normalized spacial score (nSPS) is 20.1. The predicted octanol–water partition coefficient (Wildman–Crippen LogP) is 1.70. The number of nitrogens with zero attached hydrogens (tertiary/aromatic N) is 2. The van der Waals surface area contributed by atoms with Crippen molar-refractivity contribution in [3.8, 4) is 5.75 Å². The summed E-state index contributed by atoms with van der Waals surface area (Å²) in [6, 6.07) is 5.52. The third-order valence-corrected chi connectivity index (χ3v) is 4.68. The Hall–Kier alpha value is -2.05. The fourth-order valence-electron chi connectivity index (χ4n) is 3.08. The summed E-state index contributed by atoms with van der Waals surface area (Å²) in [5, 5.41) is 11.1. The number of nitrogens with one attached hydrogen (secondary N) is 2. The lowest BCUT2D eigenvalue weighted by molar-refractivity contribution is -0.125. The monoisotopic (exact) mass is 348 g/mol. The number of carbonyl (C=O) groups excluding carboxylic acids is 1. The molecule has 2 heterocycles. The molecule has 7 heteroatoms. The first-order valence-electron chi connectivity index (χ1n) is 7.88. The van der Waals surface area contributed by atoms with Crippen LogP contribution in [0.25, 0.3) is 0 Å². The number of rotatable bonds is 5. The standard InChI is InChI=1S/C17H21ClN4O2/c1-22-10-12(7-21-22)13-8-19-9-14(13)17(23)20-6-11-3-4-16(24-2)15(18)5-11/h3-5,7,10,13-14,19H,6,8-9H2,1-2H3,(H,20,23)/t13-,14+/m1/s1. The van der Waals surface area contributed by atoms with Crippen LogP contribution in [0.2, 0.25) is 5.02 Å². The Morgan fingerprint density at radius 2 is 2.33 bits per heavy atom. The van der Waals surface area contributed by atoms with Gasteiger partial charge in [-0.2, -0.15) is 5.10 Å². The van der Waals surface area contributed by atoms with Crippen molar-refractivity contribution >= 4 is 17.5 Å². The van der Waals surface area contributed by atoms with Gasteiger partial charge in [0.15, 0.2) is 0 Å². The number of amides is 1. The van der Waals surface area contributed by atoms with Crippen LogP contribution in [0.1, 0.15) is 17.0 Å². The molecule has 3 rings (SSSR count). The number of hydrogen-bond acceptors (Lipinski definition) is 4. The van der Waals surface area contributed by atoms with Crippen molar-refractivity contribution in [2.24, 2.45) is 13.0 Å². The summed E-state index contributed by atoms with van der Waals surface area (Å²) >= 11 is 6.12. The highest BCUT2D eigenvalue weighted by Crippen LogP contribution is 2.28. The van der Waals surface area contributed by atoms with Gasteiger partial charge in [-0.05, 0) is 23.3 Å². The minimum atomic E-state index is -0.0945. The molecule has 1 saturated heterocycles. The van der Waals surface area contributed by atoms with E-state index in [1.54, 1.807) is 17.9 Å². The van der Waals surface area contributed by atoms with E-state index < -0.39 is 0 Å². The van der Waals surface area contributed by atoms with Crippen molar-refractivity contribution in [1.82, 2.24) is 20.4 Å². The van der Waals surface area contributed by atoms with Crippen LogP contribution >= 0.6 is 11.6 Å². The number of aromatic nitrogens is 2. The number of methoxy groups -OCH3 is 1. The molecule has 0 saturated carbocycles. The van der Waals surface area contributed by atoms with Gasteiger partial charge in [0.2, 0.25) is 5.91 Å². The van der Waals surface area contributed by atoms with Crippen LogP contribution in [0.4, 0.5) is 0 Å². The van der Waals surface area contributed by atoms with Crippen molar-refractivity contribution < 1.29 is 9.53 Å². The first-order chi connectivity index (χ1) is 11.6. The zero-order valence-electron chi connectivity index (χ0n) is 13.8.